The zero-order valence-electron chi connectivity index (χ0n) is 10.0. The number of rotatable bonds is 6. The van der Waals surface area contributed by atoms with Crippen LogP contribution in [0.15, 0.2) is 17.0 Å². The molecule has 1 N–H and O–H groups in total. The molecule has 0 radical (unpaired) electrons. The summed E-state index contributed by atoms with van der Waals surface area (Å²) in [6, 6.07) is 2.22. The highest BCUT2D eigenvalue weighted by atomic mass is 79.9. The number of nitrogens with one attached hydrogen (secondary N) is 1. The number of nitrogens with zero attached hydrogens (tertiary/aromatic N) is 1. The second kappa shape index (κ2) is 6.65. The van der Waals surface area contributed by atoms with E-state index in [1.165, 1.54) is 13.0 Å². The fourth-order valence-electron chi connectivity index (χ4n) is 1.34. The van der Waals surface area contributed by atoms with Crippen LogP contribution in [0.4, 0.5) is 5.69 Å². The molecule has 0 fully saturated rings. The molecule has 0 amide bonds. The molecule has 0 bridgehead atoms. The van der Waals surface area contributed by atoms with E-state index in [1.54, 1.807) is 0 Å². The molecule has 0 saturated carbocycles. The van der Waals surface area contributed by atoms with Gasteiger partial charge in [0.15, 0.2) is 0 Å². The van der Waals surface area contributed by atoms with Crippen LogP contribution in [-0.2, 0) is 10.0 Å². The first-order chi connectivity index (χ1) is 8.79. The topological polar surface area (TPSA) is 89.3 Å². The lowest BCUT2D eigenvalue weighted by Crippen LogP contribution is -2.25. The van der Waals surface area contributed by atoms with Gasteiger partial charge in [-0.3, -0.25) is 10.1 Å². The highest BCUT2D eigenvalue weighted by molar-refractivity contribution is 9.09. The van der Waals surface area contributed by atoms with Gasteiger partial charge in [-0.25, -0.2) is 13.1 Å². The lowest BCUT2D eigenvalue weighted by molar-refractivity contribution is -0.385. The van der Waals surface area contributed by atoms with E-state index in [1.807, 2.05) is 0 Å². The van der Waals surface area contributed by atoms with Crippen LogP contribution >= 0.6 is 27.5 Å². The average Bonchev–Trinajstić information content (AvgIpc) is 2.32. The normalized spacial score (nSPS) is 11.5. The molecule has 0 atom stereocenters. The molecule has 1 rings (SSSR count). The van der Waals surface area contributed by atoms with Gasteiger partial charge in [0.2, 0.25) is 10.0 Å². The third-order valence-corrected chi connectivity index (χ3v) is 4.79. The molecule has 1 aromatic rings. The summed E-state index contributed by atoms with van der Waals surface area (Å²) in [7, 11) is -3.79. The number of alkyl halides is 1. The third kappa shape index (κ3) is 4.13. The smallest absolute Gasteiger partial charge is 0.258 e. The first kappa shape index (κ1) is 16.4. The Balaban J connectivity index is 3.17. The van der Waals surface area contributed by atoms with Crippen LogP contribution in [0.2, 0.25) is 5.02 Å². The van der Waals surface area contributed by atoms with Gasteiger partial charge in [0.05, 0.1) is 14.8 Å². The zero-order valence-corrected chi connectivity index (χ0v) is 13.2. The Hall–Kier alpha value is -0.700. The van der Waals surface area contributed by atoms with Gasteiger partial charge in [-0.2, -0.15) is 0 Å². The van der Waals surface area contributed by atoms with E-state index in [0.717, 1.165) is 6.07 Å². The van der Waals surface area contributed by atoms with E-state index in [-0.39, 0.29) is 27.7 Å². The van der Waals surface area contributed by atoms with Crippen LogP contribution in [0.3, 0.4) is 0 Å². The molecule has 0 aliphatic rings. The van der Waals surface area contributed by atoms with Gasteiger partial charge in [0.1, 0.15) is 0 Å². The Morgan fingerprint density at radius 3 is 2.63 bits per heavy atom. The van der Waals surface area contributed by atoms with Gasteiger partial charge >= 0.3 is 0 Å². The van der Waals surface area contributed by atoms with Crippen molar-refractivity contribution in [3.05, 3.63) is 32.8 Å². The van der Waals surface area contributed by atoms with Crippen LogP contribution < -0.4 is 4.72 Å². The molecule has 1 aromatic carbocycles. The first-order valence-corrected chi connectivity index (χ1v) is 8.28. The van der Waals surface area contributed by atoms with Crippen LogP contribution in [0, 0.1) is 17.0 Å². The van der Waals surface area contributed by atoms with Crippen molar-refractivity contribution in [2.75, 3.05) is 11.9 Å². The minimum atomic E-state index is -3.79. The predicted octanol–water partition coefficient (Wildman–Crippen LogP) is 2.62. The molecule has 19 heavy (non-hydrogen) atoms. The number of hydrogen-bond donors (Lipinski definition) is 1. The molecule has 6 nitrogen and oxygen atoms in total. The van der Waals surface area contributed by atoms with Gasteiger partial charge in [-0.15, -0.1) is 0 Å². The van der Waals surface area contributed by atoms with E-state index in [2.05, 4.69) is 20.7 Å². The molecule has 0 aliphatic heterocycles. The van der Waals surface area contributed by atoms with Gasteiger partial charge < -0.3 is 0 Å². The van der Waals surface area contributed by atoms with Crippen molar-refractivity contribution >= 4 is 43.2 Å². The van der Waals surface area contributed by atoms with Crippen molar-refractivity contribution in [3.8, 4) is 0 Å². The van der Waals surface area contributed by atoms with Crippen molar-refractivity contribution in [1.82, 2.24) is 4.72 Å². The number of nitro benzene ring substituents is 1. The number of hydrogen-bond acceptors (Lipinski definition) is 4. The quantitative estimate of drug-likeness (QED) is 0.360. The van der Waals surface area contributed by atoms with Crippen molar-refractivity contribution in [2.24, 2.45) is 0 Å². The number of nitro groups is 1. The van der Waals surface area contributed by atoms with Gasteiger partial charge in [0, 0.05) is 23.5 Å². The summed E-state index contributed by atoms with van der Waals surface area (Å²) < 4.78 is 26.2. The van der Waals surface area contributed by atoms with Crippen LogP contribution in [0.1, 0.15) is 12.0 Å². The minimum Gasteiger partial charge on any atom is -0.258 e. The summed E-state index contributed by atoms with van der Waals surface area (Å²) >= 11 is 9.01. The van der Waals surface area contributed by atoms with Crippen LogP contribution in [0.25, 0.3) is 0 Å². The largest absolute Gasteiger partial charge is 0.275 e. The maximum atomic E-state index is 11.9. The molecule has 0 heterocycles. The van der Waals surface area contributed by atoms with Gasteiger partial charge in [0.25, 0.3) is 5.69 Å². The van der Waals surface area contributed by atoms with E-state index in [0.29, 0.717) is 11.8 Å². The lowest BCUT2D eigenvalue weighted by Gasteiger charge is -2.08. The Labute approximate surface area is 124 Å². The Morgan fingerprint density at radius 1 is 1.47 bits per heavy atom. The number of halogens is 2. The summed E-state index contributed by atoms with van der Waals surface area (Å²) in [4.78, 5) is 9.98. The number of benzene rings is 1. The standard InChI is InChI=1S/C10H12BrClN2O4S/c1-7-9(12)5-8(6-10(7)14(15)16)19(17,18)13-4-2-3-11/h5-6,13H,2-4H2,1H3. The predicted molar refractivity (Wildman–Crippen MR) is 76.4 cm³/mol. The van der Waals surface area contributed by atoms with Crippen molar-refractivity contribution in [2.45, 2.75) is 18.2 Å². The molecular weight excluding hydrogens is 360 g/mol. The Kier molecular flexibility index (Phi) is 5.72. The highest BCUT2D eigenvalue weighted by Crippen LogP contribution is 2.29. The summed E-state index contributed by atoms with van der Waals surface area (Å²) in [6.07, 6.45) is 0.612. The monoisotopic (exact) mass is 370 g/mol. The summed E-state index contributed by atoms with van der Waals surface area (Å²) in [6.45, 7) is 1.71. The third-order valence-electron chi connectivity index (χ3n) is 2.40. The van der Waals surface area contributed by atoms with E-state index in [4.69, 9.17) is 11.6 Å². The number of sulfonamides is 1. The maximum Gasteiger partial charge on any atom is 0.275 e. The van der Waals surface area contributed by atoms with Crippen molar-refractivity contribution in [3.63, 3.8) is 0 Å². The summed E-state index contributed by atoms with van der Waals surface area (Å²) in [5, 5.41) is 11.5. The lowest BCUT2D eigenvalue weighted by atomic mass is 10.2. The first-order valence-electron chi connectivity index (χ1n) is 5.29. The second-order valence-corrected chi connectivity index (χ2v) is 6.71. The summed E-state index contributed by atoms with van der Waals surface area (Å²) in [5.74, 6) is 0. The van der Waals surface area contributed by atoms with E-state index in [9.17, 15) is 18.5 Å². The van der Waals surface area contributed by atoms with Crippen molar-refractivity contribution < 1.29 is 13.3 Å². The molecule has 0 aliphatic carbocycles. The Morgan fingerprint density at radius 2 is 2.11 bits per heavy atom. The average molecular weight is 372 g/mol. The Bertz CT molecular complexity index is 591. The van der Waals surface area contributed by atoms with Crippen molar-refractivity contribution in [1.29, 1.82) is 0 Å². The molecule has 0 unspecified atom stereocenters. The molecule has 0 aromatic heterocycles. The van der Waals surface area contributed by atoms with Crippen LogP contribution in [0.5, 0.6) is 0 Å². The SMILES string of the molecule is Cc1c(Cl)cc(S(=O)(=O)NCCCBr)cc1[N+](=O)[O-]. The fraction of sp³-hybridized carbons (Fsp3) is 0.400. The van der Waals surface area contributed by atoms with Gasteiger partial charge in [-0.1, -0.05) is 27.5 Å². The molecular formula is C10H12BrClN2O4S. The fourth-order valence-corrected chi connectivity index (χ4v) is 3.02. The molecule has 9 heteroatoms. The second-order valence-electron chi connectivity index (χ2n) is 3.75. The molecule has 106 valence electrons. The van der Waals surface area contributed by atoms with E-state index < -0.39 is 14.9 Å². The van der Waals surface area contributed by atoms with Gasteiger partial charge in [-0.05, 0) is 19.4 Å². The van der Waals surface area contributed by atoms with E-state index >= 15 is 0 Å². The molecule has 0 spiro atoms. The maximum absolute atomic E-state index is 11.9. The highest BCUT2D eigenvalue weighted by Gasteiger charge is 2.21. The zero-order chi connectivity index (χ0) is 14.6. The minimum absolute atomic E-state index is 0.0510. The summed E-state index contributed by atoms with van der Waals surface area (Å²) in [5.41, 5.74) is -0.0700. The van der Waals surface area contributed by atoms with Crippen LogP contribution in [-0.4, -0.2) is 25.2 Å². The molecule has 0 saturated heterocycles.